The normalized spacial score (nSPS) is 16.9. The zero-order valence-electron chi connectivity index (χ0n) is 23.9. The quantitative estimate of drug-likeness (QED) is 0.334. The van der Waals surface area contributed by atoms with Crippen molar-refractivity contribution >= 4 is 40.7 Å². The summed E-state index contributed by atoms with van der Waals surface area (Å²) < 4.78 is 5.34. The number of hydrogen-bond donors (Lipinski definition) is 2. The van der Waals surface area contributed by atoms with Crippen molar-refractivity contribution in [3.63, 3.8) is 0 Å². The number of morpholine rings is 1. The number of anilines is 2. The van der Waals surface area contributed by atoms with Crippen molar-refractivity contribution in [1.82, 2.24) is 10.2 Å². The van der Waals surface area contributed by atoms with Crippen LogP contribution < -0.4 is 15.5 Å². The fraction of sp³-hybridized carbons (Fsp3) is 0.364. The number of amides is 3. The van der Waals surface area contributed by atoms with E-state index in [-0.39, 0.29) is 23.8 Å². The van der Waals surface area contributed by atoms with Gasteiger partial charge in [0.25, 0.3) is 11.8 Å². The predicted molar refractivity (Wildman–Crippen MR) is 165 cm³/mol. The van der Waals surface area contributed by atoms with E-state index < -0.39 is 0 Å². The van der Waals surface area contributed by atoms with E-state index in [1.165, 1.54) is 0 Å². The molecule has 2 N–H and O–H groups in total. The lowest BCUT2D eigenvalue weighted by Crippen LogP contribution is -2.40. The number of benzene rings is 3. The van der Waals surface area contributed by atoms with E-state index in [2.05, 4.69) is 10.6 Å². The Morgan fingerprint density at radius 3 is 2.52 bits per heavy atom. The third-order valence-corrected chi connectivity index (χ3v) is 8.08. The second-order valence-electron chi connectivity index (χ2n) is 10.8. The van der Waals surface area contributed by atoms with Gasteiger partial charge in [-0.15, -0.1) is 0 Å². The molecule has 3 aromatic carbocycles. The van der Waals surface area contributed by atoms with Crippen LogP contribution in [-0.2, 0) is 9.53 Å². The molecule has 2 aliphatic heterocycles. The molecule has 0 aromatic heterocycles. The van der Waals surface area contributed by atoms with Crippen LogP contribution in [-0.4, -0.2) is 62.0 Å². The van der Waals surface area contributed by atoms with Gasteiger partial charge >= 0.3 is 0 Å². The summed E-state index contributed by atoms with van der Waals surface area (Å²) in [7, 11) is 0. The minimum atomic E-state index is -0.198. The van der Waals surface area contributed by atoms with Crippen LogP contribution >= 0.6 is 11.6 Å². The van der Waals surface area contributed by atoms with Gasteiger partial charge in [-0.05, 0) is 92.4 Å². The van der Waals surface area contributed by atoms with Gasteiger partial charge < -0.3 is 25.2 Å². The monoisotopic (exact) mass is 588 g/mol. The molecule has 0 aliphatic carbocycles. The van der Waals surface area contributed by atoms with Crippen molar-refractivity contribution in [2.24, 2.45) is 0 Å². The van der Waals surface area contributed by atoms with E-state index in [9.17, 15) is 14.4 Å². The van der Waals surface area contributed by atoms with Gasteiger partial charge in [0.1, 0.15) is 0 Å². The van der Waals surface area contributed by atoms with Crippen molar-refractivity contribution in [2.45, 2.75) is 38.6 Å². The van der Waals surface area contributed by atoms with Gasteiger partial charge in [-0.25, -0.2) is 0 Å². The average Bonchev–Trinajstić information content (AvgIpc) is 3.18. The number of nitrogens with zero attached hydrogens (tertiary/aromatic N) is 2. The van der Waals surface area contributed by atoms with Gasteiger partial charge in [0, 0.05) is 59.6 Å². The number of nitrogens with one attached hydrogen (secondary N) is 2. The van der Waals surface area contributed by atoms with Crippen LogP contribution in [0.3, 0.4) is 0 Å². The first-order valence-electron chi connectivity index (χ1n) is 14.6. The summed E-state index contributed by atoms with van der Waals surface area (Å²) in [5.41, 5.74) is 4.40. The number of fused-ring (bicyclic) bond motifs is 1. The Morgan fingerprint density at radius 1 is 0.976 bits per heavy atom. The van der Waals surface area contributed by atoms with Crippen LogP contribution in [0.4, 0.5) is 11.4 Å². The Hall–Kier alpha value is -3.72. The lowest BCUT2D eigenvalue weighted by atomic mass is 10.0. The van der Waals surface area contributed by atoms with Crippen LogP contribution in [0.1, 0.15) is 63.6 Å². The second kappa shape index (κ2) is 14.0. The molecule has 1 atom stereocenters. The predicted octanol–water partition coefficient (Wildman–Crippen LogP) is 5.61. The van der Waals surface area contributed by atoms with Crippen LogP contribution in [0.5, 0.6) is 0 Å². The van der Waals surface area contributed by atoms with E-state index in [4.69, 9.17) is 16.3 Å². The molecule has 1 unspecified atom stereocenters. The van der Waals surface area contributed by atoms with Crippen LogP contribution in [0, 0.1) is 6.92 Å². The Labute approximate surface area is 252 Å². The van der Waals surface area contributed by atoms with E-state index in [0.29, 0.717) is 67.7 Å². The molecule has 0 radical (unpaired) electrons. The number of rotatable bonds is 8. The topological polar surface area (TPSA) is 91.0 Å². The third-order valence-electron chi connectivity index (χ3n) is 7.85. The summed E-state index contributed by atoms with van der Waals surface area (Å²) in [6.45, 7) is 5.68. The molecule has 5 rings (SSSR count). The zero-order chi connectivity index (χ0) is 29.5. The van der Waals surface area contributed by atoms with E-state index in [0.717, 1.165) is 36.1 Å². The Morgan fingerprint density at radius 2 is 1.76 bits per heavy atom. The highest BCUT2D eigenvalue weighted by atomic mass is 35.5. The van der Waals surface area contributed by atoms with Gasteiger partial charge in [-0.3, -0.25) is 14.4 Å². The molecule has 0 spiro atoms. The van der Waals surface area contributed by atoms with E-state index >= 15 is 0 Å². The molecule has 2 aliphatic rings. The maximum absolute atomic E-state index is 13.9. The molecule has 1 fully saturated rings. The SMILES string of the molecule is Cc1cc(NC(=O)c2ccccc2)ccc1C(=O)N1CCCC(NCCCC(=O)N2CCOCC2)c2cc(Cl)ccc21. The first kappa shape index (κ1) is 29.8. The number of carbonyl (C=O) groups excluding carboxylic acids is 3. The summed E-state index contributed by atoms with van der Waals surface area (Å²) in [6.07, 6.45) is 2.88. The minimum Gasteiger partial charge on any atom is -0.378 e. The van der Waals surface area contributed by atoms with Crippen LogP contribution in [0.15, 0.2) is 66.7 Å². The van der Waals surface area contributed by atoms with E-state index in [1.54, 1.807) is 24.3 Å². The van der Waals surface area contributed by atoms with Gasteiger partial charge in [0.05, 0.1) is 13.2 Å². The standard InChI is InChI=1S/C33H37ClN4O4/c1-23-21-26(36-32(40)24-7-3-2-4-8-24)12-13-27(23)33(41)38-16-6-9-29(28-22-25(34)11-14-30(28)38)35-15-5-10-31(39)37-17-19-42-20-18-37/h2-4,7-8,11-14,21-22,29,35H,5-6,9-10,15-20H2,1H3,(H,36,40). The molecule has 8 nitrogen and oxygen atoms in total. The number of hydrogen-bond acceptors (Lipinski definition) is 5. The number of aryl methyl sites for hydroxylation is 1. The molecule has 1 saturated heterocycles. The maximum atomic E-state index is 13.9. The highest BCUT2D eigenvalue weighted by molar-refractivity contribution is 6.30. The van der Waals surface area contributed by atoms with E-state index in [1.807, 2.05) is 59.2 Å². The number of carbonyl (C=O) groups is 3. The molecule has 0 bridgehead atoms. The highest BCUT2D eigenvalue weighted by Gasteiger charge is 2.28. The largest absolute Gasteiger partial charge is 0.378 e. The summed E-state index contributed by atoms with van der Waals surface area (Å²) in [6, 6.07) is 20.1. The smallest absolute Gasteiger partial charge is 0.258 e. The minimum absolute atomic E-state index is 0.0201. The van der Waals surface area contributed by atoms with Gasteiger partial charge in [0.15, 0.2) is 0 Å². The molecule has 220 valence electrons. The first-order chi connectivity index (χ1) is 20.4. The fourth-order valence-corrected chi connectivity index (χ4v) is 5.79. The highest BCUT2D eigenvalue weighted by Crippen LogP contribution is 2.36. The molecule has 2 heterocycles. The molecule has 9 heteroatoms. The summed E-state index contributed by atoms with van der Waals surface area (Å²) in [5, 5.41) is 7.15. The van der Waals surface area contributed by atoms with Crippen molar-refractivity contribution in [2.75, 3.05) is 49.6 Å². The third kappa shape index (κ3) is 7.18. The molecule has 3 amide bonds. The van der Waals surface area contributed by atoms with Crippen LogP contribution in [0.2, 0.25) is 5.02 Å². The molecular formula is C33H37ClN4O4. The Bertz CT molecular complexity index is 1420. The Balaban J connectivity index is 1.26. The average molecular weight is 589 g/mol. The zero-order valence-corrected chi connectivity index (χ0v) is 24.7. The van der Waals surface area contributed by atoms with Crippen molar-refractivity contribution in [1.29, 1.82) is 0 Å². The second-order valence-corrected chi connectivity index (χ2v) is 11.2. The lowest BCUT2D eigenvalue weighted by molar-refractivity contribution is -0.135. The van der Waals surface area contributed by atoms with Gasteiger partial charge in [-0.1, -0.05) is 29.8 Å². The molecule has 42 heavy (non-hydrogen) atoms. The van der Waals surface area contributed by atoms with Crippen molar-refractivity contribution < 1.29 is 19.1 Å². The fourth-order valence-electron chi connectivity index (χ4n) is 5.61. The number of ether oxygens (including phenoxy) is 1. The summed E-state index contributed by atoms with van der Waals surface area (Å²) in [5.74, 6) is -0.118. The lowest BCUT2D eigenvalue weighted by Gasteiger charge is -2.27. The summed E-state index contributed by atoms with van der Waals surface area (Å²) in [4.78, 5) is 42.7. The Kier molecular flexibility index (Phi) is 9.89. The molecule has 0 saturated carbocycles. The summed E-state index contributed by atoms with van der Waals surface area (Å²) >= 11 is 6.43. The van der Waals surface area contributed by atoms with Crippen molar-refractivity contribution in [3.8, 4) is 0 Å². The van der Waals surface area contributed by atoms with Crippen LogP contribution in [0.25, 0.3) is 0 Å². The van der Waals surface area contributed by atoms with Crippen molar-refractivity contribution in [3.05, 3.63) is 94.0 Å². The first-order valence-corrected chi connectivity index (χ1v) is 15.0. The van der Waals surface area contributed by atoms with Gasteiger partial charge in [0.2, 0.25) is 5.91 Å². The molecular weight excluding hydrogens is 552 g/mol. The van der Waals surface area contributed by atoms with Gasteiger partial charge in [-0.2, -0.15) is 0 Å². The molecule has 3 aromatic rings. The maximum Gasteiger partial charge on any atom is 0.258 e. The number of halogens is 1.